The molecule has 56 heavy (non-hydrogen) atoms. The van der Waals surface area contributed by atoms with Gasteiger partial charge >= 0.3 is 53.5 Å². The van der Waals surface area contributed by atoms with Crippen LogP contribution in [-0.2, 0) is 30.8 Å². The van der Waals surface area contributed by atoms with E-state index in [9.17, 15) is 0 Å². The molecule has 6 aromatic carbocycles. The molecule has 8 aromatic rings. The van der Waals surface area contributed by atoms with Gasteiger partial charge in [0.05, 0.1) is 37.3 Å². The Morgan fingerprint density at radius 2 is 0.946 bits per heavy atom. The van der Waals surface area contributed by atoms with Gasteiger partial charge in [0.25, 0.3) is 0 Å². The Bertz CT molecular complexity index is 2400. The van der Waals surface area contributed by atoms with E-state index in [1.807, 2.05) is 62.4 Å². The molecule has 0 saturated carbocycles. The van der Waals surface area contributed by atoms with Crippen molar-refractivity contribution in [2.75, 3.05) is 14.2 Å². The standard InChI is InChI=1S/2C23H21O2.C2H6Si.2ClH.Zr/c2*1-4-16-6-7-18-13-19(22-12-5-15(2)25-22)14-21(18)23(16)17-8-10-20(24-3)11-9-17;1-3-2;;;/h2*5-14H,4H2,1-3H3;1-2H3;2*1H;/q2*-1;;;;+2/p-2. The average molecular weight is 879 g/mol. The van der Waals surface area contributed by atoms with E-state index in [1.54, 1.807) is 14.2 Å². The Labute approximate surface area is 346 Å². The van der Waals surface area contributed by atoms with Gasteiger partial charge in [-0.05, 0) is 97.5 Å². The summed E-state index contributed by atoms with van der Waals surface area (Å²) in [5, 5.41) is 5.03. The van der Waals surface area contributed by atoms with Crippen LogP contribution in [0.3, 0.4) is 0 Å². The molecule has 8 rings (SSSR count). The van der Waals surface area contributed by atoms with Crippen LogP contribution in [0.5, 0.6) is 11.5 Å². The molecule has 0 amide bonds. The van der Waals surface area contributed by atoms with Crippen LogP contribution in [0.1, 0.15) is 36.5 Å². The molecule has 0 bridgehead atoms. The molecule has 0 unspecified atom stereocenters. The summed E-state index contributed by atoms with van der Waals surface area (Å²) in [6.45, 7) is 12.7. The summed E-state index contributed by atoms with van der Waals surface area (Å²) in [6.07, 6.45) is 2.00. The van der Waals surface area contributed by atoms with E-state index in [1.165, 1.54) is 54.9 Å². The van der Waals surface area contributed by atoms with E-state index in [-0.39, 0.29) is 5.43 Å². The molecule has 0 radical (unpaired) electrons. The maximum atomic E-state index is 5.82. The van der Waals surface area contributed by atoms with Gasteiger partial charge in [0.2, 0.25) is 0 Å². The molecule has 0 aliphatic heterocycles. The van der Waals surface area contributed by atoms with Crippen LogP contribution in [0.2, 0.25) is 13.1 Å². The first-order valence-corrected chi connectivity index (χ1v) is 31.4. The molecule has 0 saturated heterocycles. The molecule has 0 aliphatic rings. The molecular formula is C48H48Cl2O4SiZr-2. The number of methoxy groups -OCH3 is 2. The number of rotatable bonds is 8. The Morgan fingerprint density at radius 3 is 1.23 bits per heavy atom. The van der Waals surface area contributed by atoms with Gasteiger partial charge in [-0.2, -0.15) is 0 Å². The zero-order chi connectivity index (χ0) is 39.9. The van der Waals surface area contributed by atoms with Crippen LogP contribution in [0.15, 0.2) is 130 Å². The number of aryl methyl sites for hydroxylation is 4. The minimum absolute atomic E-state index is 0.224. The summed E-state index contributed by atoms with van der Waals surface area (Å²) in [5.74, 6) is 5.47. The minimum atomic E-state index is -1.65. The van der Waals surface area contributed by atoms with Crippen LogP contribution < -0.4 is 9.47 Å². The number of furan rings is 2. The Hall–Kier alpha value is -4.06. The van der Waals surface area contributed by atoms with Gasteiger partial charge in [0, 0.05) is 0 Å². The van der Waals surface area contributed by atoms with Crippen molar-refractivity contribution in [3.8, 4) is 56.4 Å². The first-order valence-electron chi connectivity index (χ1n) is 18.9. The van der Waals surface area contributed by atoms with Crippen LogP contribution >= 0.6 is 17.0 Å². The fourth-order valence-corrected chi connectivity index (χ4v) is 6.90. The van der Waals surface area contributed by atoms with Crippen molar-refractivity contribution in [3.63, 3.8) is 0 Å². The second-order valence-electron chi connectivity index (χ2n) is 13.9. The van der Waals surface area contributed by atoms with Crippen molar-refractivity contribution in [2.45, 2.75) is 53.6 Å². The van der Waals surface area contributed by atoms with Crippen molar-refractivity contribution >= 4 is 44.0 Å². The zero-order valence-electron chi connectivity index (χ0n) is 33.4. The SMILES string of the molecule is CCc1ccc2[cH-]c(-c3ccc(C)o3)cc2c1-c1ccc(OC)cc1.CCc1ccc2[cH-]c(-c3ccc(C)o3)cc2c1-c1ccc(OC)cc1.C[Si](C)=[Zr]([Cl])[Cl]. The normalized spacial score (nSPS) is 10.8. The summed E-state index contributed by atoms with van der Waals surface area (Å²) in [7, 11) is 14.6. The molecule has 0 aliphatic carbocycles. The van der Waals surface area contributed by atoms with Gasteiger partial charge in [0.15, 0.2) is 0 Å². The van der Waals surface area contributed by atoms with Crippen LogP contribution in [0.4, 0.5) is 0 Å². The van der Waals surface area contributed by atoms with Gasteiger partial charge in [-0.3, -0.25) is 0 Å². The molecule has 8 heteroatoms. The number of halogens is 2. The second kappa shape index (κ2) is 18.9. The predicted octanol–water partition coefficient (Wildman–Crippen LogP) is 14.9. The molecule has 0 N–H and O–H groups in total. The summed E-state index contributed by atoms with van der Waals surface area (Å²) in [5.41, 5.74) is 9.78. The number of fused-ring (bicyclic) bond motifs is 2. The Balaban J connectivity index is 0.000000166. The van der Waals surface area contributed by atoms with Crippen molar-refractivity contribution in [3.05, 3.63) is 144 Å². The van der Waals surface area contributed by atoms with Crippen molar-refractivity contribution < 1.29 is 36.3 Å². The zero-order valence-corrected chi connectivity index (χ0v) is 38.3. The van der Waals surface area contributed by atoms with E-state index in [0.29, 0.717) is 0 Å². The Morgan fingerprint density at radius 1 is 0.571 bits per heavy atom. The number of hydrogen-bond acceptors (Lipinski definition) is 4. The average Bonchev–Trinajstić information content (AvgIpc) is 4.04. The van der Waals surface area contributed by atoms with E-state index >= 15 is 0 Å². The van der Waals surface area contributed by atoms with Crippen molar-refractivity contribution in [2.24, 2.45) is 0 Å². The van der Waals surface area contributed by atoms with Gasteiger partial charge in [-0.15, -0.1) is 57.9 Å². The molecular weight excluding hydrogens is 831 g/mol. The third-order valence-corrected chi connectivity index (χ3v) is 29.6. The van der Waals surface area contributed by atoms with Crippen molar-refractivity contribution in [1.29, 1.82) is 0 Å². The third kappa shape index (κ3) is 9.55. The number of ether oxygens (including phenoxy) is 2. The maximum absolute atomic E-state index is 5.82. The van der Waals surface area contributed by atoms with Gasteiger partial charge in [-0.25, -0.2) is 0 Å². The molecule has 0 fully saturated rings. The van der Waals surface area contributed by atoms with Gasteiger partial charge in [0.1, 0.15) is 11.5 Å². The van der Waals surface area contributed by atoms with Crippen LogP contribution in [0, 0.1) is 13.8 Å². The summed E-state index contributed by atoms with van der Waals surface area (Å²) in [4.78, 5) is 0. The Kier molecular flexibility index (Phi) is 14.0. The van der Waals surface area contributed by atoms with Crippen molar-refractivity contribution in [1.82, 2.24) is 0 Å². The summed E-state index contributed by atoms with van der Waals surface area (Å²) < 4.78 is 22.2. The topological polar surface area (TPSA) is 44.7 Å². The fourth-order valence-electron chi connectivity index (χ4n) is 6.90. The van der Waals surface area contributed by atoms with E-state index in [4.69, 9.17) is 35.3 Å². The molecule has 0 atom stereocenters. The van der Waals surface area contributed by atoms with E-state index < -0.39 is 18.0 Å². The molecule has 2 aromatic heterocycles. The molecule has 2 heterocycles. The van der Waals surface area contributed by atoms with E-state index in [2.05, 4.69) is 99.7 Å². The first kappa shape index (κ1) is 41.6. The molecule has 4 nitrogen and oxygen atoms in total. The quantitative estimate of drug-likeness (QED) is 0.113. The number of benzene rings is 4. The first-order chi connectivity index (χ1) is 27.0. The fraction of sp³-hybridized carbons (Fsp3) is 0.208. The second-order valence-corrected chi connectivity index (χ2v) is 36.9. The van der Waals surface area contributed by atoms with Crippen LogP contribution in [0.25, 0.3) is 66.4 Å². The monoisotopic (exact) mass is 876 g/mol. The van der Waals surface area contributed by atoms with Gasteiger partial charge in [-0.1, -0.05) is 72.5 Å². The predicted molar refractivity (Wildman–Crippen MR) is 236 cm³/mol. The summed E-state index contributed by atoms with van der Waals surface area (Å²) >= 11 is -1.65. The third-order valence-electron chi connectivity index (χ3n) is 9.90. The number of hydrogen-bond donors (Lipinski definition) is 0. The summed E-state index contributed by atoms with van der Waals surface area (Å²) in [6, 6.07) is 42.5. The van der Waals surface area contributed by atoms with Gasteiger partial charge < -0.3 is 18.3 Å². The molecule has 0 spiro atoms. The molecule has 288 valence electrons. The van der Waals surface area contributed by atoms with E-state index in [0.717, 1.165) is 58.5 Å². The van der Waals surface area contributed by atoms with Crippen LogP contribution in [-0.4, -0.2) is 19.7 Å².